The molecule has 6 atom stereocenters. The van der Waals surface area contributed by atoms with Crippen LogP contribution in [0.5, 0.6) is 0 Å². The van der Waals surface area contributed by atoms with Gasteiger partial charge in [-0.05, 0) is 88.7 Å². The van der Waals surface area contributed by atoms with Crippen LogP contribution in [0.25, 0.3) is 11.0 Å². The first-order chi connectivity index (χ1) is 35.4. The molecule has 3 saturated heterocycles. The second-order valence-electron chi connectivity index (χ2n) is 19.5. The number of halogens is 2. The van der Waals surface area contributed by atoms with E-state index >= 15 is 0 Å². The van der Waals surface area contributed by atoms with Crippen molar-refractivity contribution in [3.8, 4) is 0 Å². The predicted octanol–water partition coefficient (Wildman–Crippen LogP) is 12.5. The van der Waals surface area contributed by atoms with Gasteiger partial charge in [0.1, 0.15) is 30.2 Å². The zero-order valence-corrected chi connectivity index (χ0v) is 41.0. The minimum atomic E-state index is -0.520. The van der Waals surface area contributed by atoms with Gasteiger partial charge in [-0.2, -0.15) is 0 Å². The monoisotopic (exact) mass is 982 g/mol. The van der Waals surface area contributed by atoms with Crippen molar-refractivity contribution in [2.45, 2.75) is 82.3 Å². The third kappa shape index (κ3) is 11.0. The molecule has 0 amide bonds. The number of nitrogens with zero attached hydrogens (tertiary/aromatic N) is 3. The van der Waals surface area contributed by atoms with Crippen molar-refractivity contribution in [3.63, 3.8) is 0 Å². The number of nitrogens with one attached hydrogen (secondary N) is 1. The van der Waals surface area contributed by atoms with Crippen molar-refractivity contribution < 1.29 is 28.1 Å². The summed E-state index contributed by atoms with van der Waals surface area (Å²) in [5.74, 6) is 0.638. The number of hydrogen-bond acceptors (Lipinski definition) is 8. The molecule has 3 aliphatic rings. The van der Waals surface area contributed by atoms with Gasteiger partial charge in [0, 0.05) is 42.2 Å². The molecule has 6 unspecified atom stereocenters. The summed E-state index contributed by atoms with van der Waals surface area (Å²) in [4.78, 5) is 13.2. The maximum atomic E-state index is 14.3. The van der Waals surface area contributed by atoms with Gasteiger partial charge >= 0.3 is 0 Å². The molecule has 72 heavy (non-hydrogen) atoms. The van der Waals surface area contributed by atoms with Crippen molar-refractivity contribution in [2.24, 2.45) is 5.41 Å². The number of piperidine rings is 1. The molecule has 0 bridgehead atoms. The second kappa shape index (κ2) is 22.2. The number of aromatic nitrogens is 2. The van der Waals surface area contributed by atoms with Crippen LogP contribution in [-0.4, -0.2) is 66.7 Å². The first-order valence-electron chi connectivity index (χ1n) is 25.2. The van der Waals surface area contributed by atoms with Gasteiger partial charge in [0.25, 0.3) is 0 Å². The molecule has 0 aliphatic carbocycles. The zero-order chi connectivity index (χ0) is 48.7. The SMILES string of the molecule is Fc1ccc(N2CC3(CCN(c4nc5ccc(Cl)cc5[nH]4)CC3)C2c2ccc(CC3OC(COCc4ccccc4)C(OCc4ccccc4)C(OCc4ccccc4)C3OCc3ccccc3)cc2)cc1. The molecule has 11 rings (SSSR count). The Balaban J connectivity index is 0.886. The number of rotatable bonds is 18. The lowest BCUT2D eigenvalue weighted by molar-refractivity contribution is -0.272. The largest absolute Gasteiger partial charge is 0.374 e. The van der Waals surface area contributed by atoms with E-state index in [-0.39, 0.29) is 17.3 Å². The van der Waals surface area contributed by atoms with E-state index < -0.39 is 30.5 Å². The van der Waals surface area contributed by atoms with Crippen molar-refractivity contribution in [2.75, 3.05) is 36.0 Å². The molecule has 4 heterocycles. The van der Waals surface area contributed by atoms with Crippen molar-refractivity contribution in [3.05, 3.63) is 232 Å². The standard InChI is InChI=1S/C61H60ClFN4O5/c62-49-25-30-52-53(36-49)65-60(64-52)66-33-31-61(32-34-66)42-67(51-28-26-50(63)27-29-51)59(61)48-23-21-43(22-24-48)35-54-56(69-38-45-15-7-2-8-16-45)58(71-40-47-19-11-4-12-20-47)57(70-39-46-17-9-3-10-18-46)55(72-54)41-68-37-44-13-5-1-6-14-44/h1-30,36,54-59H,31-35,37-42H2,(H,64,65). The molecule has 0 radical (unpaired) electrons. The number of H-pyrrole nitrogens is 1. The van der Waals surface area contributed by atoms with Crippen LogP contribution in [0.2, 0.25) is 5.02 Å². The van der Waals surface area contributed by atoms with E-state index in [1.54, 1.807) is 12.1 Å². The van der Waals surface area contributed by atoms with Gasteiger partial charge in [-0.3, -0.25) is 0 Å². The first-order valence-corrected chi connectivity index (χ1v) is 25.6. The van der Waals surface area contributed by atoms with Crippen LogP contribution in [-0.2, 0) is 56.5 Å². The highest BCUT2D eigenvalue weighted by Gasteiger charge is 2.54. The molecule has 1 aromatic heterocycles. The second-order valence-corrected chi connectivity index (χ2v) is 20.0. The van der Waals surface area contributed by atoms with Crippen LogP contribution < -0.4 is 9.80 Å². The van der Waals surface area contributed by atoms with E-state index in [1.807, 2.05) is 103 Å². The van der Waals surface area contributed by atoms with Crippen LogP contribution in [0.3, 0.4) is 0 Å². The number of imidazole rings is 1. The topological polar surface area (TPSA) is 81.3 Å². The summed E-state index contributed by atoms with van der Waals surface area (Å²) < 4.78 is 49.1. The average Bonchev–Trinajstić information content (AvgIpc) is 3.84. The maximum absolute atomic E-state index is 14.3. The zero-order valence-electron chi connectivity index (χ0n) is 40.3. The van der Waals surface area contributed by atoms with Crippen LogP contribution in [0.15, 0.2) is 188 Å². The number of aromatic amines is 1. The fourth-order valence-electron chi connectivity index (χ4n) is 11.0. The van der Waals surface area contributed by atoms with Gasteiger partial charge in [0.2, 0.25) is 5.95 Å². The summed E-state index contributed by atoms with van der Waals surface area (Å²) in [7, 11) is 0. The molecule has 7 aromatic carbocycles. The highest BCUT2D eigenvalue weighted by molar-refractivity contribution is 6.31. The quantitative estimate of drug-likeness (QED) is 0.0911. The summed E-state index contributed by atoms with van der Waals surface area (Å²) in [5, 5.41) is 0.685. The molecular formula is C61H60ClFN4O5. The van der Waals surface area contributed by atoms with Crippen LogP contribution in [0.1, 0.15) is 52.3 Å². The average molecular weight is 984 g/mol. The Hall–Kier alpha value is -6.37. The summed E-state index contributed by atoms with van der Waals surface area (Å²) in [6, 6.07) is 62.8. The molecule has 3 aliphatic heterocycles. The molecule has 0 saturated carbocycles. The summed E-state index contributed by atoms with van der Waals surface area (Å²) in [5.41, 5.74) is 9.50. The molecule has 8 aromatic rings. The van der Waals surface area contributed by atoms with Gasteiger partial charge in [-0.1, -0.05) is 157 Å². The van der Waals surface area contributed by atoms with E-state index in [1.165, 1.54) is 5.56 Å². The number of hydrogen-bond donors (Lipinski definition) is 1. The van der Waals surface area contributed by atoms with Crippen LogP contribution >= 0.6 is 11.6 Å². The van der Waals surface area contributed by atoms with E-state index in [4.69, 9.17) is 40.3 Å². The van der Waals surface area contributed by atoms with Gasteiger partial charge in [0.05, 0.1) is 56.2 Å². The molecule has 11 heteroatoms. The number of benzene rings is 7. The van der Waals surface area contributed by atoms with E-state index in [9.17, 15) is 4.39 Å². The summed E-state index contributed by atoms with van der Waals surface area (Å²) in [6.07, 6.45) is 0.121. The lowest BCUT2D eigenvalue weighted by Gasteiger charge is -2.61. The highest BCUT2D eigenvalue weighted by Crippen LogP contribution is 2.56. The van der Waals surface area contributed by atoms with E-state index in [0.29, 0.717) is 44.5 Å². The Bertz CT molecular complexity index is 2960. The van der Waals surface area contributed by atoms with Gasteiger partial charge in [0.15, 0.2) is 0 Å². The van der Waals surface area contributed by atoms with Crippen molar-refractivity contribution in [1.82, 2.24) is 9.97 Å². The number of fused-ring (bicyclic) bond motifs is 1. The minimum absolute atomic E-state index is 0.0234. The fraction of sp³-hybridized carbons (Fsp3) is 0.295. The van der Waals surface area contributed by atoms with Crippen LogP contribution in [0.4, 0.5) is 16.0 Å². The molecule has 3 fully saturated rings. The van der Waals surface area contributed by atoms with E-state index in [0.717, 1.165) is 83.0 Å². The predicted molar refractivity (Wildman–Crippen MR) is 281 cm³/mol. The van der Waals surface area contributed by atoms with Gasteiger partial charge in [-0.15, -0.1) is 0 Å². The molecular weight excluding hydrogens is 923 g/mol. The fourth-order valence-corrected chi connectivity index (χ4v) is 11.1. The van der Waals surface area contributed by atoms with Gasteiger partial charge < -0.3 is 38.5 Å². The molecule has 1 N–H and O–H groups in total. The highest BCUT2D eigenvalue weighted by atomic mass is 35.5. The normalized spacial score (nSPS) is 21.8. The smallest absolute Gasteiger partial charge is 0.203 e. The third-order valence-electron chi connectivity index (χ3n) is 14.7. The Morgan fingerprint density at radius 3 is 1.72 bits per heavy atom. The maximum Gasteiger partial charge on any atom is 0.203 e. The molecule has 9 nitrogen and oxygen atoms in total. The third-order valence-corrected chi connectivity index (χ3v) is 15.0. The van der Waals surface area contributed by atoms with Crippen molar-refractivity contribution >= 4 is 34.3 Å². The Morgan fingerprint density at radius 1 is 0.597 bits per heavy atom. The first kappa shape index (κ1) is 47.9. The number of anilines is 2. The molecule has 368 valence electrons. The lowest BCUT2D eigenvalue weighted by Crippen LogP contribution is -2.62. The van der Waals surface area contributed by atoms with Crippen LogP contribution in [0, 0.1) is 11.2 Å². The Kier molecular flexibility index (Phi) is 14.8. The Morgan fingerprint density at radius 2 is 1.14 bits per heavy atom. The lowest BCUT2D eigenvalue weighted by atomic mass is 9.63. The Labute approximate surface area is 426 Å². The van der Waals surface area contributed by atoms with E-state index in [2.05, 4.69) is 87.6 Å². The molecule has 1 spiro atoms. The van der Waals surface area contributed by atoms with Gasteiger partial charge in [-0.25, -0.2) is 9.37 Å². The summed E-state index contributed by atoms with van der Waals surface area (Å²) >= 11 is 6.32. The van der Waals surface area contributed by atoms with Crippen molar-refractivity contribution in [1.29, 1.82) is 0 Å². The minimum Gasteiger partial charge on any atom is -0.374 e. The summed E-state index contributed by atoms with van der Waals surface area (Å²) in [6.45, 7) is 4.47. The number of ether oxygens (including phenoxy) is 5.